The fourth-order valence-corrected chi connectivity index (χ4v) is 3.73. The lowest BCUT2D eigenvalue weighted by atomic mass is 10.2. The van der Waals surface area contributed by atoms with Gasteiger partial charge in [-0.25, -0.2) is 8.42 Å². The Hall–Kier alpha value is -2.25. The van der Waals surface area contributed by atoms with Crippen molar-refractivity contribution in [1.29, 1.82) is 0 Å². The number of rotatable bonds is 6. The Morgan fingerprint density at radius 1 is 1.21 bits per heavy atom. The summed E-state index contributed by atoms with van der Waals surface area (Å²) in [6.07, 6.45) is 0. The molecule has 0 spiro atoms. The maximum atomic E-state index is 12.8. The summed E-state index contributed by atoms with van der Waals surface area (Å²) in [5.41, 5.74) is 0.985. The van der Waals surface area contributed by atoms with Crippen molar-refractivity contribution in [1.82, 2.24) is 0 Å². The fourth-order valence-electron chi connectivity index (χ4n) is 2.08. The predicted molar refractivity (Wildman–Crippen MR) is 88.7 cm³/mol. The summed E-state index contributed by atoms with van der Waals surface area (Å²) in [6, 6.07) is 10.3. The molecule has 0 saturated carbocycles. The third kappa shape index (κ3) is 3.80. The Kier molecular flexibility index (Phi) is 5.36. The van der Waals surface area contributed by atoms with Crippen LogP contribution in [0.25, 0.3) is 0 Å². The summed E-state index contributed by atoms with van der Waals surface area (Å²) in [5.74, 6) is -1.18. The van der Waals surface area contributed by atoms with Crippen LogP contribution in [0.3, 0.4) is 0 Å². The van der Waals surface area contributed by atoms with Gasteiger partial charge in [-0.3, -0.25) is 4.31 Å². The van der Waals surface area contributed by atoms with Crippen LogP contribution < -0.4 is 14.1 Å². The van der Waals surface area contributed by atoms with Crippen LogP contribution in [0.2, 0.25) is 5.02 Å². The first-order valence-electron chi connectivity index (χ1n) is 6.88. The molecule has 0 saturated heterocycles. The van der Waals surface area contributed by atoms with Crippen LogP contribution in [0.5, 0.6) is 5.75 Å². The van der Waals surface area contributed by atoms with Crippen LogP contribution in [0.15, 0.2) is 47.4 Å². The summed E-state index contributed by atoms with van der Waals surface area (Å²) >= 11 is 6.02. The van der Waals surface area contributed by atoms with Crippen LogP contribution in [0.4, 0.5) is 5.69 Å². The zero-order valence-corrected chi connectivity index (χ0v) is 14.6. The molecular weight excluding hydrogens is 354 g/mol. The van der Waals surface area contributed by atoms with Crippen LogP contribution in [0, 0.1) is 6.92 Å². The quantitative estimate of drug-likeness (QED) is 0.773. The zero-order chi connectivity index (χ0) is 17.9. The van der Waals surface area contributed by atoms with Crippen molar-refractivity contribution >= 4 is 33.3 Å². The number of aliphatic carboxylic acids is 1. The maximum Gasteiger partial charge on any atom is 0.264 e. The van der Waals surface area contributed by atoms with Crippen molar-refractivity contribution < 1.29 is 23.1 Å². The molecule has 0 radical (unpaired) electrons. The number of carboxylic acid groups (broad SMARTS) is 1. The number of halogens is 1. The molecule has 0 aliphatic heterocycles. The van der Waals surface area contributed by atoms with Crippen LogP contribution in [0.1, 0.15) is 5.56 Å². The summed E-state index contributed by atoms with van der Waals surface area (Å²) in [7, 11) is -2.67. The minimum absolute atomic E-state index is 0.0266. The molecule has 0 fully saturated rings. The number of hydrogen-bond donors (Lipinski definition) is 0. The molecule has 128 valence electrons. The lowest BCUT2D eigenvalue weighted by Gasteiger charge is -2.25. The van der Waals surface area contributed by atoms with Crippen molar-refractivity contribution in [2.75, 3.05) is 18.0 Å². The third-order valence-electron chi connectivity index (χ3n) is 3.31. The Morgan fingerprint density at radius 2 is 1.83 bits per heavy atom. The molecule has 6 nitrogen and oxygen atoms in total. The van der Waals surface area contributed by atoms with Gasteiger partial charge in [-0.2, -0.15) is 0 Å². The number of benzene rings is 2. The molecule has 0 atom stereocenters. The van der Waals surface area contributed by atoms with Gasteiger partial charge in [0.05, 0.1) is 35.2 Å². The fraction of sp³-hybridized carbons (Fsp3) is 0.188. The summed E-state index contributed by atoms with van der Waals surface area (Å²) in [5, 5.41) is 11.2. The van der Waals surface area contributed by atoms with E-state index in [0.29, 0.717) is 5.75 Å². The number of hydrogen-bond acceptors (Lipinski definition) is 5. The summed E-state index contributed by atoms with van der Waals surface area (Å²) < 4.78 is 31.4. The number of carboxylic acids is 1. The number of aryl methyl sites for hydroxylation is 1. The molecule has 8 heteroatoms. The first kappa shape index (κ1) is 18.1. The van der Waals surface area contributed by atoms with E-state index in [9.17, 15) is 18.3 Å². The molecule has 0 bridgehead atoms. The first-order chi connectivity index (χ1) is 11.3. The van der Waals surface area contributed by atoms with Gasteiger partial charge in [-0.05, 0) is 37.3 Å². The normalized spacial score (nSPS) is 11.1. The van der Waals surface area contributed by atoms with Crippen LogP contribution in [-0.2, 0) is 14.8 Å². The SMILES string of the molecule is COc1ccc(N(CC(=O)[O-])S(=O)(=O)c2ccc(C)cc2)cc1Cl. The first-order valence-corrected chi connectivity index (χ1v) is 8.70. The van der Waals surface area contributed by atoms with Crippen molar-refractivity contribution in [3.63, 3.8) is 0 Å². The van der Waals surface area contributed by atoms with E-state index < -0.39 is 22.5 Å². The number of carbonyl (C=O) groups is 1. The molecule has 0 N–H and O–H groups in total. The smallest absolute Gasteiger partial charge is 0.264 e. The molecule has 0 aliphatic rings. The van der Waals surface area contributed by atoms with Gasteiger partial charge in [0.25, 0.3) is 10.0 Å². The molecule has 0 aliphatic carbocycles. The number of methoxy groups -OCH3 is 1. The third-order valence-corrected chi connectivity index (χ3v) is 5.39. The minimum Gasteiger partial charge on any atom is -0.548 e. The van der Waals surface area contributed by atoms with E-state index >= 15 is 0 Å². The minimum atomic E-state index is -4.09. The van der Waals surface area contributed by atoms with Gasteiger partial charge in [-0.1, -0.05) is 29.3 Å². The highest BCUT2D eigenvalue weighted by atomic mass is 35.5. The van der Waals surface area contributed by atoms with E-state index in [1.807, 2.05) is 6.92 Å². The van der Waals surface area contributed by atoms with Crippen molar-refractivity contribution in [2.24, 2.45) is 0 Å². The highest BCUT2D eigenvalue weighted by Crippen LogP contribution is 2.31. The lowest BCUT2D eigenvalue weighted by Crippen LogP contribution is -2.41. The molecule has 2 rings (SSSR count). The molecule has 2 aromatic rings. The largest absolute Gasteiger partial charge is 0.548 e. The number of anilines is 1. The topological polar surface area (TPSA) is 86.7 Å². The average Bonchev–Trinajstić information content (AvgIpc) is 2.52. The Bertz CT molecular complexity index is 849. The van der Waals surface area contributed by atoms with E-state index in [4.69, 9.17) is 16.3 Å². The lowest BCUT2D eigenvalue weighted by molar-refractivity contribution is -0.303. The summed E-state index contributed by atoms with van der Waals surface area (Å²) in [6.45, 7) is 0.984. The maximum absolute atomic E-state index is 12.8. The van der Waals surface area contributed by atoms with E-state index in [1.54, 1.807) is 12.1 Å². The highest BCUT2D eigenvalue weighted by molar-refractivity contribution is 7.92. The number of carbonyl (C=O) groups excluding carboxylic acids is 1. The Morgan fingerprint density at radius 3 is 2.33 bits per heavy atom. The zero-order valence-electron chi connectivity index (χ0n) is 13.0. The van der Waals surface area contributed by atoms with E-state index in [2.05, 4.69) is 0 Å². The summed E-state index contributed by atoms with van der Waals surface area (Å²) in [4.78, 5) is 11.0. The average molecular weight is 369 g/mol. The van der Waals surface area contributed by atoms with Gasteiger partial charge in [0, 0.05) is 0 Å². The van der Waals surface area contributed by atoms with E-state index in [-0.39, 0.29) is 15.6 Å². The standard InChI is InChI=1S/C16H16ClNO5S/c1-11-3-6-13(7-4-11)24(21,22)18(10-16(19)20)12-5-8-15(23-2)14(17)9-12/h3-9H,10H2,1-2H3,(H,19,20)/p-1. The van der Waals surface area contributed by atoms with Gasteiger partial charge in [0.15, 0.2) is 0 Å². The second-order valence-electron chi connectivity index (χ2n) is 5.02. The monoisotopic (exact) mass is 368 g/mol. The van der Waals surface area contributed by atoms with Crippen molar-refractivity contribution in [2.45, 2.75) is 11.8 Å². The molecule has 0 amide bonds. The second-order valence-corrected chi connectivity index (χ2v) is 7.29. The second kappa shape index (κ2) is 7.11. The van der Waals surface area contributed by atoms with E-state index in [1.165, 1.54) is 37.4 Å². The van der Waals surface area contributed by atoms with Crippen LogP contribution >= 0.6 is 11.6 Å². The number of sulfonamides is 1. The molecule has 0 unspecified atom stereocenters. The predicted octanol–water partition coefficient (Wildman–Crippen LogP) is 1.60. The van der Waals surface area contributed by atoms with Crippen molar-refractivity contribution in [3.8, 4) is 5.75 Å². The molecule has 0 aromatic heterocycles. The van der Waals surface area contributed by atoms with Crippen LogP contribution in [-0.4, -0.2) is 28.0 Å². The van der Waals surface area contributed by atoms with Crippen molar-refractivity contribution in [3.05, 3.63) is 53.1 Å². The van der Waals surface area contributed by atoms with Gasteiger partial charge in [0.2, 0.25) is 0 Å². The van der Waals surface area contributed by atoms with Gasteiger partial charge in [0.1, 0.15) is 5.75 Å². The highest BCUT2D eigenvalue weighted by Gasteiger charge is 2.25. The van der Waals surface area contributed by atoms with E-state index in [0.717, 1.165) is 9.87 Å². The Balaban J connectivity index is 2.54. The van der Waals surface area contributed by atoms with Gasteiger partial charge < -0.3 is 14.6 Å². The number of ether oxygens (including phenoxy) is 1. The molecule has 2 aromatic carbocycles. The van der Waals surface area contributed by atoms with Gasteiger partial charge in [-0.15, -0.1) is 0 Å². The molecular formula is C16H15ClNO5S-. The Labute approximate surface area is 145 Å². The van der Waals surface area contributed by atoms with Gasteiger partial charge >= 0.3 is 0 Å². The number of nitrogens with zero attached hydrogens (tertiary/aromatic N) is 1. The molecule has 0 heterocycles. The molecule has 24 heavy (non-hydrogen) atoms.